The Morgan fingerprint density at radius 2 is 2.42 bits per heavy atom. The molecule has 12 heavy (non-hydrogen) atoms. The van der Waals surface area contributed by atoms with Gasteiger partial charge in [-0.15, -0.1) is 0 Å². The van der Waals surface area contributed by atoms with E-state index in [0.717, 1.165) is 0 Å². The molecule has 2 unspecified atom stereocenters. The Bertz CT molecular complexity index is 197. The number of aliphatic hydroxyl groups is 1. The summed E-state index contributed by atoms with van der Waals surface area (Å²) in [4.78, 5) is 0. The normalized spacial score (nSPS) is 29.7. The molecule has 4 nitrogen and oxygen atoms in total. The summed E-state index contributed by atoms with van der Waals surface area (Å²) < 4.78 is 10.6. The predicted molar refractivity (Wildman–Crippen MR) is 41.1 cm³/mol. The molecule has 0 aromatic heterocycles. The van der Waals surface area contributed by atoms with Crippen molar-refractivity contribution in [2.75, 3.05) is 6.61 Å². The van der Waals surface area contributed by atoms with E-state index in [1.54, 1.807) is 13.8 Å². The third-order valence-electron chi connectivity index (χ3n) is 1.76. The van der Waals surface area contributed by atoms with Crippen molar-refractivity contribution in [3.05, 3.63) is 0 Å². The van der Waals surface area contributed by atoms with E-state index < -0.39 is 11.9 Å². The fourth-order valence-corrected chi connectivity index (χ4v) is 1.13. The van der Waals surface area contributed by atoms with Gasteiger partial charge >= 0.3 is 0 Å². The SMILES string of the molecule is CC1(C)OCC(C(O)CC#N)O1. The second-order valence-electron chi connectivity index (χ2n) is 3.30. The van der Waals surface area contributed by atoms with Gasteiger partial charge in [0.25, 0.3) is 0 Å². The second kappa shape index (κ2) is 3.40. The molecular weight excluding hydrogens is 158 g/mol. The van der Waals surface area contributed by atoms with Gasteiger partial charge in [0.05, 0.1) is 25.2 Å². The molecule has 0 spiro atoms. The maximum atomic E-state index is 9.35. The topological polar surface area (TPSA) is 62.5 Å². The standard InChI is InChI=1S/C8H13NO3/c1-8(2)11-5-7(12-8)6(10)3-4-9/h6-7,10H,3,5H2,1-2H3. The Kier molecular flexibility index (Phi) is 2.68. The maximum Gasteiger partial charge on any atom is 0.163 e. The van der Waals surface area contributed by atoms with Crippen LogP contribution in [0.4, 0.5) is 0 Å². The molecule has 1 heterocycles. The van der Waals surface area contributed by atoms with E-state index in [0.29, 0.717) is 6.61 Å². The average molecular weight is 171 g/mol. The summed E-state index contributed by atoms with van der Waals surface area (Å²) in [6.45, 7) is 3.92. The first-order chi connectivity index (χ1) is 5.55. The molecule has 1 N–H and O–H groups in total. The highest BCUT2D eigenvalue weighted by Crippen LogP contribution is 2.24. The lowest BCUT2D eigenvalue weighted by Crippen LogP contribution is -2.30. The van der Waals surface area contributed by atoms with Crippen LogP contribution in [0.25, 0.3) is 0 Å². The predicted octanol–water partition coefficient (Wildman–Crippen LogP) is 0.412. The highest BCUT2D eigenvalue weighted by atomic mass is 16.7. The summed E-state index contributed by atoms with van der Waals surface area (Å²) in [5, 5.41) is 17.7. The van der Waals surface area contributed by atoms with Crippen LogP contribution in [-0.4, -0.2) is 29.7 Å². The molecule has 0 aromatic rings. The highest BCUT2D eigenvalue weighted by molar-refractivity contribution is 4.84. The van der Waals surface area contributed by atoms with Crippen molar-refractivity contribution in [2.45, 2.75) is 38.3 Å². The Balaban J connectivity index is 2.42. The van der Waals surface area contributed by atoms with E-state index in [9.17, 15) is 5.11 Å². The summed E-state index contributed by atoms with van der Waals surface area (Å²) in [5.41, 5.74) is 0. The molecule has 68 valence electrons. The van der Waals surface area contributed by atoms with Crippen molar-refractivity contribution in [3.63, 3.8) is 0 Å². The molecule has 0 aliphatic carbocycles. The van der Waals surface area contributed by atoms with Crippen LogP contribution in [0.5, 0.6) is 0 Å². The molecular formula is C8H13NO3. The van der Waals surface area contributed by atoms with Crippen LogP contribution in [0.15, 0.2) is 0 Å². The van der Waals surface area contributed by atoms with E-state index in [4.69, 9.17) is 14.7 Å². The minimum atomic E-state index is -0.739. The molecule has 0 amide bonds. The van der Waals surface area contributed by atoms with Crippen LogP contribution in [-0.2, 0) is 9.47 Å². The average Bonchev–Trinajstić information content (AvgIpc) is 2.31. The number of hydrogen-bond acceptors (Lipinski definition) is 4. The van der Waals surface area contributed by atoms with Gasteiger partial charge in [0, 0.05) is 0 Å². The fourth-order valence-electron chi connectivity index (χ4n) is 1.13. The molecule has 0 saturated carbocycles. The van der Waals surface area contributed by atoms with E-state index in [1.807, 2.05) is 6.07 Å². The van der Waals surface area contributed by atoms with Crippen LogP contribution in [0.1, 0.15) is 20.3 Å². The van der Waals surface area contributed by atoms with Crippen LogP contribution in [0.2, 0.25) is 0 Å². The Hall–Kier alpha value is -0.630. The number of rotatable bonds is 2. The quantitative estimate of drug-likeness (QED) is 0.653. The summed E-state index contributed by atoms with van der Waals surface area (Å²) in [5.74, 6) is -0.624. The number of ether oxygens (including phenoxy) is 2. The van der Waals surface area contributed by atoms with Crippen molar-refractivity contribution < 1.29 is 14.6 Å². The third kappa shape index (κ3) is 2.18. The van der Waals surface area contributed by atoms with Gasteiger partial charge in [-0.1, -0.05) is 0 Å². The van der Waals surface area contributed by atoms with Gasteiger partial charge in [-0.3, -0.25) is 0 Å². The molecule has 1 saturated heterocycles. The van der Waals surface area contributed by atoms with Crippen molar-refractivity contribution in [2.24, 2.45) is 0 Å². The lowest BCUT2D eigenvalue weighted by molar-refractivity contribution is -0.150. The van der Waals surface area contributed by atoms with Gasteiger partial charge in [0.2, 0.25) is 0 Å². The van der Waals surface area contributed by atoms with Gasteiger partial charge < -0.3 is 14.6 Å². The van der Waals surface area contributed by atoms with Crippen LogP contribution in [0, 0.1) is 11.3 Å². The molecule has 1 aliphatic rings. The number of nitriles is 1. The molecule has 0 aromatic carbocycles. The van der Waals surface area contributed by atoms with Crippen molar-refractivity contribution >= 4 is 0 Å². The van der Waals surface area contributed by atoms with Crippen molar-refractivity contribution in [3.8, 4) is 6.07 Å². The molecule has 0 radical (unpaired) electrons. The van der Waals surface area contributed by atoms with Gasteiger partial charge in [-0.05, 0) is 13.8 Å². The van der Waals surface area contributed by atoms with Crippen molar-refractivity contribution in [1.29, 1.82) is 5.26 Å². The summed E-state index contributed by atoms with van der Waals surface area (Å²) in [7, 11) is 0. The molecule has 1 rings (SSSR count). The lowest BCUT2D eigenvalue weighted by Gasteiger charge is -2.18. The molecule has 2 atom stereocenters. The highest BCUT2D eigenvalue weighted by Gasteiger charge is 2.36. The first kappa shape index (κ1) is 9.46. The molecule has 4 heteroatoms. The molecule has 1 fully saturated rings. The zero-order valence-corrected chi connectivity index (χ0v) is 7.28. The summed E-state index contributed by atoms with van der Waals surface area (Å²) in [6.07, 6.45) is -1.01. The van der Waals surface area contributed by atoms with Crippen LogP contribution in [0.3, 0.4) is 0 Å². The minimum absolute atomic E-state index is 0.0874. The van der Waals surface area contributed by atoms with Crippen LogP contribution >= 0.6 is 0 Å². The van der Waals surface area contributed by atoms with Gasteiger partial charge in [-0.2, -0.15) is 5.26 Å². The zero-order valence-electron chi connectivity index (χ0n) is 7.28. The summed E-state index contributed by atoms with van der Waals surface area (Å²) >= 11 is 0. The second-order valence-corrected chi connectivity index (χ2v) is 3.30. The first-order valence-corrected chi connectivity index (χ1v) is 3.92. The van der Waals surface area contributed by atoms with Crippen molar-refractivity contribution in [1.82, 2.24) is 0 Å². The summed E-state index contributed by atoms with van der Waals surface area (Å²) in [6, 6.07) is 1.89. The molecule has 0 bridgehead atoms. The monoisotopic (exact) mass is 171 g/mol. The van der Waals surface area contributed by atoms with Gasteiger partial charge in [-0.25, -0.2) is 0 Å². The minimum Gasteiger partial charge on any atom is -0.389 e. The first-order valence-electron chi connectivity index (χ1n) is 3.92. The number of nitrogens with zero attached hydrogens (tertiary/aromatic N) is 1. The van der Waals surface area contributed by atoms with E-state index in [-0.39, 0.29) is 12.5 Å². The molecule has 1 aliphatic heterocycles. The maximum absolute atomic E-state index is 9.35. The van der Waals surface area contributed by atoms with E-state index >= 15 is 0 Å². The van der Waals surface area contributed by atoms with Crippen LogP contribution < -0.4 is 0 Å². The Morgan fingerprint density at radius 3 is 2.83 bits per heavy atom. The zero-order chi connectivity index (χ0) is 9.19. The Labute approximate surface area is 71.7 Å². The number of hydrogen-bond donors (Lipinski definition) is 1. The van der Waals surface area contributed by atoms with Gasteiger partial charge in [0.15, 0.2) is 5.79 Å². The Morgan fingerprint density at radius 1 is 1.75 bits per heavy atom. The smallest absolute Gasteiger partial charge is 0.163 e. The fraction of sp³-hybridized carbons (Fsp3) is 0.875. The van der Waals surface area contributed by atoms with Gasteiger partial charge in [0.1, 0.15) is 6.10 Å². The largest absolute Gasteiger partial charge is 0.389 e. The lowest BCUT2D eigenvalue weighted by atomic mass is 10.2. The van der Waals surface area contributed by atoms with E-state index in [2.05, 4.69) is 0 Å². The third-order valence-corrected chi connectivity index (χ3v) is 1.76. The number of aliphatic hydroxyl groups excluding tert-OH is 1. The van der Waals surface area contributed by atoms with E-state index in [1.165, 1.54) is 0 Å².